The van der Waals surface area contributed by atoms with Gasteiger partial charge in [0.25, 0.3) is 10.0 Å². The van der Waals surface area contributed by atoms with Gasteiger partial charge in [0.15, 0.2) is 10.4 Å². The summed E-state index contributed by atoms with van der Waals surface area (Å²) in [6.45, 7) is -0.166. The average Bonchev–Trinajstić information content (AvgIpc) is 3.05. The maximum absolute atomic E-state index is 12.9. The SMILES string of the molecule is Cn1nnc(Br)c1S(=O)(=O)N(CC(N)=NO)C1CCCC1. The molecule has 2 rings (SSSR count). The molecule has 0 radical (unpaired) electrons. The predicted molar refractivity (Wildman–Crippen MR) is 78.3 cm³/mol. The molecular weight excluding hydrogens is 364 g/mol. The molecule has 0 bridgehead atoms. The van der Waals surface area contributed by atoms with Gasteiger partial charge in [-0.2, -0.15) is 4.31 Å². The number of hydrogen-bond donors (Lipinski definition) is 2. The van der Waals surface area contributed by atoms with Crippen LogP contribution in [0.4, 0.5) is 0 Å². The zero-order valence-electron chi connectivity index (χ0n) is 11.5. The van der Waals surface area contributed by atoms with Crippen molar-refractivity contribution in [3.63, 3.8) is 0 Å². The highest BCUT2D eigenvalue weighted by Gasteiger charge is 2.37. The molecule has 1 aliphatic carbocycles. The first-order chi connectivity index (χ1) is 9.87. The number of halogens is 1. The van der Waals surface area contributed by atoms with E-state index in [0.717, 1.165) is 25.7 Å². The highest BCUT2D eigenvalue weighted by molar-refractivity contribution is 9.10. The number of rotatable bonds is 5. The van der Waals surface area contributed by atoms with Crippen LogP contribution in [0.5, 0.6) is 0 Å². The van der Waals surface area contributed by atoms with Gasteiger partial charge < -0.3 is 10.9 Å². The fourth-order valence-electron chi connectivity index (χ4n) is 2.50. The third-order valence-corrected chi connectivity index (χ3v) is 6.26. The lowest BCUT2D eigenvalue weighted by atomic mass is 10.2. The van der Waals surface area contributed by atoms with Crippen molar-refractivity contribution in [2.24, 2.45) is 17.9 Å². The van der Waals surface area contributed by atoms with Crippen LogP contribution in [-0.4, -0.2) is 51.3 Å². The van der Waals surface area contributed by atoms with Gasteiger partial charge in [-0.25, -0.2) is 13.1 Å². The van der Waals surface area contributed by atoms with Crippen LogP contribution < -0.4 is 5.73 Å². The number of nitrogens with zero attached hydrogens (tertiary/aromatic N) is 5. The third kappa shape index (κ3) is 3.19. The van der Waals surface area contributed by atoms with Crippen LogP contribution in [0, 0.1) is 0 Å². The van der Waals surface area contributed by atoms with E-state index in [4.69, 9.17) is 10.9 Å². The molecule has 0 spiro atoms. The lowest BCUT2D eigenvalue weighted by Gasteiger charge is -2.27. The van der Waals surface area contributed by atoms with Crippen molar-refractivity contribution in [1.82, 2.24) is 19.3 Å². The van der Waals surface area contributed by atoms with E-state index in [1.54, 1.807) is 0 Å². The highest BCUT2D eigenvalue weighted by atomic mass is 79.9. The fraction of sp³-hybridized carbons (Fsp3) is 0.700. The van der Waals surface area contributed by atoms with Crippen LogP contribution in [0.2, 0.25) is 0 Å². The molecule has 0 saturated heterocycles. The van der Waals surface area contributed by atoms with Crippen molar-refractivity contribution >= 4 is 31.8 Å². The summed E-state index contributed by atoms with van der Waals surface area (Å²) >= 11 is 3.10. The van der Waals surface area contributed by atoms with Gasteiger partial charge in [0.05, 0.1) is 6.54 Å². The molecule has 21 heavy (non-hydrogen) atoms. The van der Waals surface area contributed by atoms with Crippen molar-refractivity contribution in [1.29, 1.82) is 0 Å². The number of nitrogens with two attached hydrogens (primary N) is 1. The Kier molecular flexibility index (Phi) is 4.84. The van der Waals surface area contributed by atoms with Gasteiger partial charge in [-0.3, -0.25) is 0 Å². The Morgan fingerprint density at radius 3 is 2.67 bits per heavy atom. The molecule has 0 aromatic carbocycles. The summed E-state index contributed by atoms with van der Waals surface area (Å²) in [7, 11) is -2.35. The zero-order chi connectivity index (χ0) is 15.6. The Hall–Kier alpha value is -1.20. The second-order valence-corrected chi connectivity index (χ2v) is 7.45. The van der Waals surface area contributed by atoms with E-state index in [1.807, 2.05) is 0 Å². The molecule has 0 aliphatic heterocycles. The van der Waals surface area contributed by atoms with Crippen LogP contribution in [0.25, 0.3) is 0 Å². The number of amidine groups is 1. The predicted octanol–water partition coefficient (Wildman–Crippen LogP) is 0.257. The smallest absolute Gasteiger partial charge is 0.263 e. The Balaban J connectivity index is 2.43. The number of hydrogen-bond acceptors (Lipinski definition) is 6. The van der Waals surface area contributed by atoms with E-state index in [2.05, 4.69) is 31.4 Å². The van der Waals surface area contributed by atoms with Crippen molar-refractivity contribution in [2.45, 2.75) is 36.8 Å². The molecule has 3 N–H and O–H groups in total. The Morgan fingerprint density at radius 1 is 1.57 bits per heavy atom. The molecule has 9 nitrogen and oxygen atoms in total. The van der Waals surface area contributed by atoms with Gasteiger partial charge in [0.1, 0.15) is 0 Å². The van der Waals surface area contributed by atoms with E-state index in [-0.39, 0.29) is 28.1 Å². The molecule has 0 unspecified atom stereocenters. The van der Waals surface area contributed by atoms with Crippen LogP contribution in [0.3, 0.4) is 0 Å². The van der Waals surface area contributed by atoms with E-state index in [1.165, 1.54) is 16.0 Å². The summed E-state index contributed by atoms with van der Waals surface area (Å²) in [4.78, 5) is 0. The third-order valence-electron chi connectivity index (χ3n) is 3.47. The number of aromatic nitrogens is 3. The first-order valence-corrected chi connectivity index (χ1v) is 8.64. The molecule has 0 atom stereocenters. The van der Waals surface area contributed by atoms with Crippen LogP contribution in [0.15, 0.2) is 14.8 Å². The van der Waals surface area contributed by atoms with E-state index < -0.39 is 10.0 Å². The average molecular weight is 381 g/mol. The minimum absolute atomic E-state index is 0.0415. The van der Waals surface area contributed by atoms with Crippen molar-refractivity contribution < 1.29 is 13.6 Å². The normalized spacial score (nSPS) is 17.8. The van der Waals surface area contributed by atoms with Crippen LogP contribution in [0.1, 0.15) is 25.7 Å². The largest absolute Gasteiger partial charge is 0.409 e. The maximum atomic E-state index is 12.9. The number of aryl methyl sites for hydroxylation is 1. The molecule has 1 saturated carbocycles. The summed E-state index contributed by atoms with van der Waals surface area (Å²) < 4.78 is 28.3. The molecule has 11 heteroatoms. The number of sulfonamides is 1. The highest BCUT2D eigenvalue weighted by Crippen LogP contribution is 2.30. The van der Waals surface area contributed by atoms with Crippen molar-refractivity contribution in [3.8, 4) is 0 Å². The summed E-state index contributed by atoms with van der Waals surface area (Å²) in [5, 5.41) is 19.0. The van der Waals surface area contributed by atoms with Gasteiger partial charge >= 0.3 is 0 Å². The molecule has 0 amide bonds. The summed E-state index contributed by atoms with van der Waals surface area (Å²) in [6.07, 6.45) is 3.41. The molecule has 1 aromatic heterocycles. The van der Waals surface area contributed by atoms with Gasteiger partial charge in [-0.15, -0.1) is 5.10 Å². The quantitative estimate of drug-likeness (QED) is 0.326. The number of oxime groups is 1. The topological polar surface area (TPSA) is 127 Å². The van der Waals surface area contributed by atoms with Gasteiger partial charge in [-0.1, -0.05) is 23.2 Å². The zero-order valence-corrected chi connectivity index (χ0v) is 13.9. The van der Waals surface area contributed by atoms with Crippen LogP contribution in [-0.2, 0) is 17.1 Å². The Bertz CT molecular complexity index is 618. The second-order valence-electron chi connectivity index (χ2n) is 4.89. The summed E-state index contributed by atoms with van der Waals surface area (Å²) in [5.74, 6) is -0.156. The monoisotopic (exact) mass is 380 g/mol. The molecule has 1 heterocycles. The van der Waals surface area contributed by atoms with Gasteiger partial charge in [0, 0.05) is 13.1 Å². The molecule has 1 aromatic rings. The van der Waals surface area contributed by atoms with Crippen molar-refractivity contribution in [3.05, 3.63) is 4.60 Å². The lowest BCUT2D eigenvalue weighted by molar-refractivity contribution is 0.308. The van der Waals surface area contributed by atoms with Gasteiger partial charge in [0.2, 0.25) is 5.03 Å². The first kappa shape index (κ1) is 16.2. The first-order valence-electron chi connectivity index (χ1n) is 6.41. The lowest BCUT2D eigenvalue weighted by Crippen LogP contribution is -2.44. The maximum Gasteiger partial charge on any atom is 0.263 e. The molecule has 1 fully saturated rings. The standard InChI is InChI=1S/C10H17BrN6O3S/c1-16-10(9(11)13-15-16)21(19,20)17(6-8(12)14-18)7-4-2-3-5-7/h7,18H,2-6H2,1H3,(H2,12,14). The summed E-state index contributed by atoms with van der Waals surface area (Å²) in [5.41, 5.74) is 5.51. The van der Waals surface area contributed by atoms with E-state index in [9.17, 15) is 8.42 Å². The Labute approximate surface area is 131 Å². The van der Waals surface area contributed by atoms with Gasteiger partial charge in [-0.05, 0) is 28.8 Å². The molecule has 1 aliphatic rings. The molecule has 118 valence electrons. The fourth-order valence-corrected chi connectivity index (χ4v) is 5.19. The minimum Gasteiger partial charge on any atom is -0.409 e. The van der Waals surface area contributed by atoms with E-state index >= 15 is 0 Å². The van der Waals surface area contributed by atoms with Crippen LogP contribution >= 0.6 is 15.9 Å². The Morgan fingerprint density at radius 2 is 2.19 bits per heavy atom. The molecular formula is C10H17BrN6O3S. The summed E-state index contributed by atoms with van der Waals surface area (Å²) in [6, 6.07) is -0.169. The van der Waals surface area contributed by atoms with E-state index in [0.29, 0.717) is 0 Å². The second kappa shape index (κ2) is 6.28. The minimum atomic E-state index is -3.86. The van der Waals surface area contributed by atoms with Crippen molar-refractivity contribution in [2.75, 3.05) is 6.54 Å².